The highest BCUT2D eigenvalue weighted by atomic mass is 15.1. The molecule has 0 amide bonds. The summed E-state index contributed by atoms with van der Waals surface area (Å²) in [6, 6.07) is 0. The zero-order valence-corrected chi connectivity index (χ0v) is 10.1. The fraction of sp³-hybridized carbons (Fsp3) is 0.769. The van der Waals surface area contributed by atoms with Gasteiger partial charge in [-0.05, 0) is 45.1 Å². The molecule has 1 atom stereocenters. The van der Waals surface area contributed by atoms with Gasteiger partial charge in [-0.25, -0.2) is 4.98 Å². The van der Waals surface area contributed by atoms with E-state index < -0.39 is 0 Å². The van der Waals surface area contributed by atoms with E-state index in [1.807, 2.05) is 6.20 Å². The van der Waals surface area contributed by atoms with Crippen molar-refractivity contribution in [3.8, 4) is 0 Å². The van der Waals surface area contributed by atoms with Gasteiger partial charge in [0, 0.05) is 30.9 Å². The third kappa shape index (κ3) is 2.29. The van der Waals surface area contributed by atoms with E-state index >= 15 is 0 Å². The summed E-state index contributed by atoms with van der Waals surface area (Å²) >= 11 is 0. The minimum atomic E-state index is 0.640. The van der Waals surface area contributed by atoms with Gasteiger partial charge >= 0.3 is 0 Å². The number of H-pyrrole nitrogens is 1. The largest absolute Gasteiger partial charge is 0.346 e. The third-order valence-corrected chi connectivity index (χ3v) is 3.83. The summed E-state index contributed by atoms with van der Waals surface area (Å²) in [5.74, 6) is 2.86. The second-order valence-electron chi connectivity index (χ2n) is 5.49. The van der Waals surface area contributed by atoms with E-state index in [0.717, 1.165) is 5.92 Å². The van der Waals surface area contributed by atoms with E-state index in [1.54, 1.807) is 0 Å². The smallest absolute Gasteiger partial charge is 0.110 e. The van der Waals surface area contributed by atoms with Gasteiger partial charge in [0.15, 0.2) is 0 Å². The van der Waals surface area contributed by atoms with Crippen LogP contribution in [0.3, 0.4) is 0 Å². The summed E-state index contributed by atoms with van der Waals surface area (Å²) in [6.45, 7) is 5.92. The molecule has 2 heterocycles. The fourth-order valence-electron chi connectivity index (χ4n) is 2.75. The van der Waals surface area contributed by atoms with Crippen molar-refractivity contribution in [3.05, 3.63) is 17.7 Å². The zero-order chi connectivity index (χ0) is 11.0. The molecule has 0 aromatic carbocycles. The van der Waals surface area contributed by atoms with E-state index in [1.165, 1.54) is 56.8 Å². The van der Waals surface area contributed by atoms with Crippen LogP contribution in [0, 0.1) is 12.8 Å². The molecule has 16 heavy (non-hydrogen) atoms. The average Bonchev–Trinajstić information content (AvgIpc) is 2.98. The second-order valence-corrected chi connectivity index (χ2v) is 5.49. The Morgan fingerprint density at radius 3 is 3.00 bits per heavy atom. The van der Waals surface area contributed by atoms with Crippen LogP contribution in [-0.4, -0.2) is 34.5 Å². The van der Waals surface area contributed by atoms with Gasteiger partial charge in [-0.1, -0.05) is 0 Å². The molecule has 1 aliphatic carbocycles. The number of hydrogen-bond acceptors (Lipinski definition) is 2. The highest BCUT2D eigenvalue weighted by Crippen LogP contribution is 2.32. The molecule has 1 saturated carbocycles. The van der Waals surface area contributed by atoms with Gasteiger partial charge in [-0.15, -0.1) is 0 Å². The fourth-order valence-corrected chi connectivity index (χ4v) is 2.75. The normalized spacial score (nSPS) is 27.2. The maximum atomic E-state index is 4.49. The molecule has 2 aliphatic rings. The van der Waals surface area contributed by atoms with Crippen molar-refractivity contribution >= 4 is 0 Å². The Bertz CT molecular complexity index is 354. The first-order valence-electron chi connectivity index (χ1n) is 6.55. The SMILES string of the molecule is Cc1cnc(C2CCCN(CC3CC3)C2)[nH]1. The molecule has 0 bridgehead atoms. The Morgan fingerprint density at radius 2 is 2.31 bits per heavy atom. The highest BCUT2D eigenvalue weighted by molar-refractivity contribution is 5.05. The van der Waals surface area contributed by atoms with E-state index in [0.29, 0.717) is 5.92 Å². The topological polar surface area (TPSA) is 31.9 Å². The minimum absolute atomic E-state index is 0.640. The van der Waals surface area contributed by atoms with Crippen LogP contribution < -0.4 is 0 Å². The molecule has 1 aromatic heterocycles. The van der Waals surface area contributed by atoms with Gasteiger partial charge in [0.25, 0.3) is 0 Å². The lowest BCUT2D eigenvalue weighted by molar-refractivity contribution is 0.197. The van der Waals surface area contributed by atoms with Crippen molar-refractivity contribution in [1.82, 2.24) is 14.9 Å². The summed E-state index contributed by atoms with van der Waals surface area (Å²) in [4.78, 5) is 10.5. The van der Waals surface area contributed by atoms with Crippen LogP contribution in [-0.2, 0) is 0 Å². The maximum absolute atomic E-state index is 4.49. The Kier molecular flexibility index (Phi) is 2.72. The van der Waals surface area contributed by atoms with E-state index in [4.69, 9.17) is 0 Å². The number of nitrogens with one attached hydrogen (secondary N) is 1. The van der Waals surface area contributed by atoms with Crippen molar-refractivity contribution in [2.45, 2.75) is 38.5 Å². The first kappa shape index (κ1) is 10.3. The Labute approximate surface area is 97.3 Å². The van der Waals surface area contributed by atoms with Crippen LogP contribution in [0.5, 0.6) is 0 Å². The number of rotatable bonds is 3. The van der Waals surface area contributed by atoms with Gasteiger partial charge in [-0.2, -0.15) is 0 Å². The summed E-state index contributed by atoms with van der Waals surface area (Å²) < 4.78 is 0. The first-order valence-corrected chi connectivity index (χ1v) is 6.55. The van der Waals surface area contributed by atoms with Crippen LogP contribution in [0.2, 0.25) is 0 Å². The lowest BCUT2D eigenvalue weighted by Crippen LogP contribution is -2.36. The predicted molar refractivity (Wildman–Crippen MR) is 64.5 cm³/mol. The van der Waals surface area contributed by atoms with Crippen LogP contribution in [0.25, 0.3) is 0 Å². The minimum Gasteiger partial charge on any atom is -0.346 e. The number of nitrogens with zero attached hydrogens (tertiary/aromatic N) is 2. The van der Waals surface area contributed by atoms with Gasteiger partial charge < -0.3 is 9.88 Å². The van der Waals surface area contributed by atoms with Gasteiger partial charge in [0.1, 0.15) is 5.82 Å². The highest BCUT2D eigenvalue weighted by Gasteiger charge is 2.28. The lowest BCUT2D eigenvalue weighted by Gasteiger charge is -2.31. The molecular weight excluding hydrogens is 198 g/mol. The summed E-state index contributed by atoms with van der Waals surface area (Å²) in [6.07, 6.45) is 7.50. The molecule has 3 rings (SSSR count). The van der Waals surface area contributed by atoms with Gasteiger partial charge in [0.2, 0.25) is 0 Å². The first-order chi connectivity index (χ1) is 7.81. The molecule has 3 heteroatoms. The molecule has 3 nitrogen and oxygen atoms in total. The molecule has 0 radical (unpaired) electrons. The van der Waals surface area contributed by atoms with E-state index in [-0.39, 0.29) is 0 Å². The van der Waals surface area contributed by atoms with Crippen LogP contribution in [0.1, 0.15) is 43.1 Å². The Morgan fingerprint density at radius 1 is 1.44 bits per heavy atom. The summed E-state index contributed by atoms with van der Waals surface area (Å²) in [5.41, 5.74) is 1.19. The maximum Gasteiger partial charge on any atom is 0.110 e. The van der Waals surface area contributed by atoms with Crippen LogP contribution in [0.4, 0.5) is 0 Å². The van der Waals surface area contributed by atoms with E-state index in [9.17, 15) is 0 Å². The van der Waals surface area contributed by atoms with E-state index in [2.05, 4.69) is 21.8 Å². The van der Waals surface area contributed by atoms with Crippen molar-refractivity contribution in [2.24, 2.45) is 5.92 Å². The Balaban J connectivity index is 1.62. The number of likely N-dealkylation sites (tertiary alicyclic amines) is 1. The quantitative estimate of drug-likeness (QED) is 0.846. The molecule has 0 spiro atoms. The summed E-state index contributed by atoms with van der Waals surface area (Å²) in [5, 5.41) is 0. The Hall–Kier alpha value is -0.830. The van der Waals surface area contributed by atoms with Crippen LogP contribution in [0.15, 0.2) is 6.20 Å². The third-order valence-electron chi connectivity index (χ3n) is 3.83. The molecular formula is C13H21N3. The molecule has 1 saturated heterocycles. The van der Waals surface area contributed by atoms with Gasteiger partial charge in [-0.3, -0.25) is 0 Å². The summed E-state index contributed by atoms with van der Waals surface area (Å²) in [7, 11) is 0. The average molecular weight is 219 g/mol. The number of piperidine rings is 1. The lowest BCUT2D eigenvalue weighted by atomic mass is 9.97. The predicted octanol–water partition coefficient (Wildman–Crippen LogP) is 2.31. The second kappa shape index (κ2) is 4.21. The standard InChI is InChI=1S/C13H21N3/c1-10-7-14-13(15-10)12-3-2-6-16(9-12)8-11-4-5-11/h7,11-12H,2-6,8-9H2,1H3,(H,14,15). The van der Waals surface area contributed by atoms with Gasteiger partial charge in [0.05, 0.1) is 0 Å². The number of aromatic nitrogens is 2. The number of hydrogen-bond donors (Lipinski definition) is 1. The van der Waals surface area contributed by atoms with Crippen LogP contribution >= 0.6 is 0 Å². The van der Waals surface area contributed by atoms with Crippen molar-refractivity contribution < 1.29 is 0 Å². The molecule has 1 aromatic rings. The molecule has 1 unspecified atom stereocenters. The number of aromatic amines is 1. The molecule has 88 valence electrons. The number of aryl methyl sites for hydroxylation is 1. The monoisotopic (exact) mass is 219 g/mol. The van der Waals surface area contributed by atoms with Crippen molar-refractivity contribution in [2.75, 3.05) is 19.6 Å². The van der Waals surface area contributed by atoms with Crippen molar-refractivity contribution in [3.63, 3.8) is 0 Å². The van der Waals surface area contributed by atoms with Crippen molar-refractivity contribution in [1.29, 1.82) is 0 Å². The molecule has 2 fully saturated rings. The zero-order valence-electron chi connectivity index (χ0n) is 10.1. The molecule has 1 N–H and O–H groups in total. The molecule has 1 aliphatic heterocycles. The number of imidazole rings is 1.